The topological polar surface area (TPSA) is 21.3 Å². The van der Waals surface area contributed by atoms with E-state index in [4.69, 9.17) is 4.74 Å². The van der Waals surface area contributed by atoms with E-state index in [-0.39, 0.29) is 0 Å². The summed E-state index contributed by atoms with van der Waals surface area (Å²) in [6, 6.07) is 0.625. The molecular weight excluding hydrogens is 210 g/mol. The fourth-order valence-electron chi connectivity index (χ4n) is 3.60. The van der Waals surface area contributed by atoms with Gasteiger partial charge in [0.1, 0.15) is 0 Å². The average Bonchev–Trinajstić information content (AvgIpc) is 2.38. The zero-order chi connectivity index (χ0) is 12.1. The van der Waals surface area contributed by atoms with Crippen LogP contribution in [0.1, 0.15) is 52.4 Å². The second-order valence-electron chi connectivity index (χ2n) is 6.25. The standard InChI is InChI=1S/C15H29NO/c1-12(2)16-10-13-6-3-4-8-15(13)14-7-5-9-17-11-14/h12-16H,3-11H2,1-2H3. The predicted octanol–water partition coefficient (Wildman–Crippen LogP) is 3.22. The molecule has 0 aromatic rings. The van der Waals surface area contributed by atoms with Gasteiger partial charge in [-0.3, -0.25) is 0 Å². The van der Waals surface area contributed by atoms with Crippen LogP contribution >= 0.6 is 0 Å². The van der Waals surface area contributed by atoms with Crippen LogP contribution in [0.4, 0.5) is 0 Å². The van der Waals surface area contributed by atoms with Gasteiger partial charge < -0.3 is 10.1 Å². The molecule has 2 nitrogen and oxygen atoms in total. The van der Waals surface area contributed by atoms with E-state index in [0.717, 1.165) is 31.0 Å². The second-order valence-corrected chi connectivity index (χ2v) is 6.25. The Balaban J connectivity index is 1.86. The highest BCUT2D eigenvalue weighted by atomic mass is 16.5. The van der Waals surface area contributed by atoms with Crippen LogP contribution in [0.5, 0.6) is 0 Å². The molecule has 17 heavy (non-hydrogen) atoms. The van der Waals surface area contributed by atoms with Crippen molar-refractivity contribution in [2.75, 3.05) is 19.8 Å². The minimum Gasteiger partial charge on any atom is -0.381 e. The van der Waals surface area contributed by atoms with Crippen molar-refractivity contribution in [3.05, 3.63) is 0 Å². The van der Waals surface area contributed by atoms with Crippen molar-refractivity contribution in [3.63, 3.8) is 0 Å². The lowest BCUT2D eigenvalue weighted by atomic mass is 9.71. The van der Waals surface area contributed by atoms with Crippen molar-refractivity contribution < 1.29 is 4.74 Å². The molecular formula is C15H29NO. The van der Waals surface area contributed by atoms with E-state index in [1.165, 1.54) is 45.1 Å². The van der Waals surface area contributed by atoms with Crippen LogP contribution in [-0.4, -0.2) is 25.8 Å². The molecule has 1 aliphatic carbocycles. The monoisotopic (exact) mass is 239 g/mol. The third-order valence-electron chi connectivity index (χ3n) is 4.56. The quantitative estimate of drug-likeness (QED) is 0.813. The summed E-state index contributed by atoms with van der Waals surface area (Å²) in [7, 11) is 0. The largest absolute Gasteiger partial charge is 0.381 e. The molecule has 1 saturated carbocycles. The maximum Gasteiger partial charge on any atom is 0.0497 e. The van der Waals surface area contributed by atoms with Crippen molar-refractivity contribution in [1.82, 2.24) is 5.32 Å². The highest BCUT2D eigenvalue weighted by molar-refractivity contribution is 4.83. The smallest absolute Gasteiger partial charge is 0.0497 e. The third-order valence-corrected chi connectivity index (χ3v) is 4.56. The average molecular weight is 239 g/mol. The van der Waals surface area contributed by atoms with Crippen LogP contribution < -0.4 is 5.32 Å². The Hall–Kier alpha value is -0.0800. The van der Waals surface area contributed by atoms with Crippen LogP contribution in [0.25, 0.3) is 0 Å². The zero-order valence-electron chi connectivity index (χ0n) is 11.6. The Morgan fingerprint density at radius 1 is 1.12 bits per heavy atom. The molecule has 100 valence electrons. The summed E-state index contributed by atoms with van der Waals surface area (Å²) in [6.07, 6.45) is 8.45. The minimum atomic E-state index is 0.625. The number of nitrogens with one attached hydrogen (secondary N) is 1. The van der Waals surface area contributed by atoms with E-state index < -0.39 is 0 Å². The van der Waals surface area contributed by atoms with Crippen LogP contribution in [0.15, 0.2) is 0 Å². The first-order chi connectivity index (χ1) is 8.27. The van der Waals surface area contributed by atoms with Gasteiger partial charge in [-0.05, 0) is 50.0 Å². The molecule has 2 aliphatic rings. The molecule has 0 aromatic carbocycles. The van der Waals surface area contributed by atoms with Gasteiger partial charge in [-0.15, -0.1) is 0 Å². The number of hydrogen-bond acceptors (Lipinski definition) is 2. The van der Waals surface area contributed by atoms with Crippen LogP contribution in [0.3, 0.4) is 0 Å². The van der Waals surface area contributed by atoms with Crippen LogP contribution in [0.2, 0.25) is 0 Å². The molecule has 0 amide bonds. The number of rotatable bonds is 4. The zero-order valence-corrected chi connectivity index (χ0v) is 11.6. The van der Waals surface area contributed by atoms with Gasteiger partial charge in [-0.25, -0.2) is 0 Å². The summed E-state index contributed by atoms with van der Waals surface area (Å²) >= 11 is 0. The highest BCUT2D eigenvalue weighted by Gasteiger charge is 2.32. The Bertz CT molecular complexity index is 211. The Labute approximate surface area is 107 Å². The SMILES string of the molecule is CC(C)NCC1CCCCC1C1CCCOC1. The maximum atomic E-state index is 5.69. The summed E-state index contributed by atoms with van der Waals surface area (Å²) < 4.78 is 5.69. The molecule has 0 radical (unpaired) electrons. The van der Waals surface area contributed by atoms with Crippen molar-refractivity contribution in [1.29, 1.82) is 0 Å². The van der Waals surface area contributed by atoms with Gasteiger partial charge in [-0.2, -0.15) is 0 Å². The molecule has 2 fully saturated rings. The summed E-state index contributed by atoms with van der Waals surface area (Å²) in [4.78, 5) is 0. The summed E-state index contributed by atoms with van der Waals surface area (Å²) in [5, 5.41) is 3.64. The van der Waals surface area contributed by atoms with Crippen LogP contribution in [-0.2, 0) is 4.74 Å². The molecule has 3 unspecified atom stereocenters. The molecule has 2 heteroatoms. The van der Waals surface area contributed by atoms with E-state index in [1.54, 1.807) is 0 Å². The van der Waals surface area contributed by atoms with Gasteiger partial charge in [0, 0.05) is 19.3 Å². The summed E-state index contributed by atoms with van der Waals surface area (Å²) in [6.45, 7) is 7.75. The van der Waals surface area contributed by atoms with Crippen molar-refractivity contribution in [2.45, 2.75) is 58.4 Å². The lowest BCUT2D eigenvalue weighted by Gasteiger charge is -2.39. The summed E-state index contributed by atoms with van der Waals surface area (Å²) in [5.74, 6) is 2.68. The fourth-order valence-corrected chi connectivity index (χ4v) is 3.60. The van der Waals surface area contributed by atoms with Gasteiger partial charge in [-0.1, -0.05) is 26.7 Å². The third kappa shape index (κ3) is 3.96. The molecule has 0 spiro atoms. The van der Waals surface area contributed by atoms with E-state index in [0.29, 0.717) is 6.04 Å². The molecule has 1 heterocycles. The molecule has 1 saturated heterocycles. The first-order valence-corrected chi connectivity index (χ1v) is 7.58. The van der Waals surface area contributed by atoms with Crippen molar-refractivity contribution in [2.24, 2.45) is 17.8 Å². The number of ether oxygens (including phenoxy) is 1. The molecule has 2 rings (SSSR count). The first-order valence-electron chi connectivity index (χ1n) is 7.58. The second kappa shape index (κ2) is 6.75. The molecule has 0 bridgehead atoms. The highest BCUT2D eigenvalue weighted by Crippen LogP contribution is 2.38. The first kappa shape index (κ1) is 13.4. The molecule has 3 atom stereocenters. The molecule has 1 N–H and O–H groups in total. The van der Waals surface area contributed by atoms with E-state index >= 15 is 0 Å². The van der Waals surface area contributed by atoms with Gasteiger partial charge in [0.25, 0.3) is 0 Å². The van der Waals surface area contributed by atoms with Gasteiger partial charge in [0.2, 0.25) is 0 Å². The van der Waals surface area contributed by atoms with Crippen molar-refractivity contribution in [3.8, 4) is 0 Å². The van der Waals surface area contributed by atoms with E-state index in [2.05, 4.69) is 19.2 Å². The lowest BCUT2D eigenvalue weighted by molar-refractivity contribution is 0.00549. The molecule has 0 aromatic heterocycles. The predicted molar refractivity (Wildman–Crippen MR) is 72.1 cm³/mol. The Morgan fingerprint density at radius 2 is 1.94 bits per heavy atom. The fraction of sp³-hybridized carbons (Fsp3) is 1.00. The van der Waals surface area contributed by atoms with Gasteiger partial charge >= 0.3 is 0 Å². The van der Waals surface area contributed by atoms with Gasteiger partial charge in [0.05, 0.1) is 0 Å². The normalized spacial score (nSPS) is 35.1. The van der Waals surface area contributed by atoms with E-state index in [1.807, 2.05) is 0 Å². The summed E-state index contributed by atoms with van der Waals surface area (Å²) in [5.41, 5.74) is 0. The maximum absolute atomic E-state index is 5.69. The van der Waals surface area contributed by atoms with E-state index in [9.17, 15) is 0 Å². The van der Waals surface area contributed by atoms with Gasteiger partial charge in [0.15, 0.2) is 0 Å². The Morgan fingerprint density at radius 3 is 2.65 bits per heavy atom. The Kier molecular flexibility index (Phi) is 5.30. The van der Waals surface area contributed by atoms with Crippen LogP contribution in [0, 0.1) is 17.8 Å². The lowest BCUT2D eigenvalue weighted by Crippen LogP contribution is -2.39. The van der Waals surface area contributed by atoms with Crippen molar-refractivity contribution >= 4 is 0 Å². The minimum absolute atomic E-state index is 0.625. The molecule has 1 aliphatic heterocycles. The number of hydrogen-bond donors (Lipinski definition) is 1.